The molecule has 0 spiro atoms. The van der Waals surface area contributed by atoms with Crippen LogP contribution in [0.4, 0.5) is 5.82 Å². The summed E-state index contributed by atoms with van der Waals surface area (Å²) in [6.45, 7) is 0. The molecule has 0 radical (unpaired) electrons. The largest absolute Gasteiger partial charge is 0.508 e. The van der Waals surface area contributed by atoms with E-state index in [0.29, 0.717) is 5.56 Å². The lowest BCUT2D eigenvalue weighted by atomic mass is 10.1. The van der Waals surface area contributed by atoms with E-state index >= 15 is 0 Å². The van der Waals surface area contributed by atoms with Crippen LogP contribution in [0.3, 0.4) is 0 Å². The first-order valence-corrected chi connectivity index (χ1v) is 4.86. The second-order valence-corrected chi connectivity index (χ2v) is 3.59. The summed E-state index contributed by atoms with van der Waals surface area (Å²) in [6, 6.07) is 6.21. The molecule has 6 heteroatoms. The number of hydrogen-bond donors (Lipinski definition) is 3. The number of aryl methyl sites for hydroxylation is 1. The van der Waals surface area contributed by atoms with Gasteiger partial charge in [0.1, 0.15) is 22.8 Å². The molecule has 4 N–H and O–H groups in total. The lowest BCUT2D eigenvalue weighted by Crippen LogP contribution is -2.04. The zero-order valence-electron chi connectivity index (χ0n) is 9.08. The summed E-state index contributed by atoms with van der Waals surface area (Å²) in [4.78, 5) is 11.1. The molecule has 1 heterocycles. The van der Waals surface area contributed by atoms with Crippen LogP contribution < -0.4 is 5.73 Å². The molecule has 0 amide bonds. The number of carbonyl (C=O) groups is 1. The van der Waals surface area contributed by atoms with Gasteiger partial charge < -0.3 is 15.9 Å². The van der Waals surface area contributed by atoms with Gasteiger partial charge in [-0.2, -0.15) is 5.10 Å². The Hall–Kier alpha value is -2.50. The highest BCUT2D eigenvalue weighted by Crippen LogP contribution is 2.28. The van der Waals surface area contributed by atoms with Gasteiger partial charge in [0.2, 0.25) is 0 Å². The number of nitrogens with zero attached hydrogens (tertiary/aromatic N) is 2. The molecule has 2 rings (SSSR count). The number of anilines is 1. The van der Waals surface area contributed by atoms with Gasteiger partial charge in [0.25, 0.3) is 0 Å². The van der Waals surface area contributed by atoms with Gasteiger partial charge in [-0.3, -0.25) is 4.68 Å². The van der Waals surface area contributed by atoms with Crippen LogP contribution in [0.25, 0.3) is 11.3 Å². The summed E-state index contributed by atoms with van der Waals surface area (Å²) in [5.74, 6) is -1.02. The number of rotatable bonds is 2. The molecule has 0 aliphatic carbocycles. The first-order chi connectivity index (χ1) is 8.00. The van der Waals surface area contributed by atoms with Crippen LogP contribution in [0.5, 0.6) is 5.75 Å². The van der Waals surface area contributed by atoms with Gasteiger partial charge in [0, 0.05) is 12.6 Å². The number of nitrogen functional groups attached to an aromatic ring is 1. The van der Waals surface area contributed by atoms with Crippen LogP contribution in [0.15, 0.2) is 24.3 Å². The predicted octanol–water partition coefficient (Wildman–Crippen LogP) is 1.07. The van der Waals surface area contributed by atoms with Gasteiger partial charge in [0.15, 0.2) is 0 Å². The number of benzene rings is 1. The fourth-order valence-corrected chi connectivity index (χ4v) is 1.60. The summed E-state index contributed by atoms with van der Waals surface area (Å²) in [6.07, 6.45) is 0. The fraction of sp³-hybridized carbons (Fsp3) is 0.0909. The van der Waals surface area contributed by atoms with E-state index in [-0.39, 0.29) is 22.8 Å². The highest BCUT2D eigenvalue weighted by molar-refractivity contribution is 5.99. The highest BCUT2D eigenvalue weighted by atomic mass is 16.4. The summed E-state index contributed by atoms with van der Waals surface area (Å²) < 4.78 is 1.29. The van der Waals surface area contributed by atoms with Gasteiger partial charge in [-0.25, -0.2) is 4.79 Å². The molecular weight excluding hydrogens is 222 g/mol. The Morgan fingerprint density at radius 2 is 2.18 bits per heavy atom. The number of aromatic carboxylic acids is 1. The number of aromatic nitrogens is 2. The number of aromatic hydroxyl groups is 1. The van der Waals surface area contributed by atoms with Gasteiger partial charge >= 0.3 is 5.97 Å². The third-order valence-corrected chi connectivity index (χ3v) is 2.43. The number of phenolic OH excluding ortho intramolecular Hbond substituents is 1. The molecule has 1 aromatic carbocycles. The second kappa shape index (κ2) is 3.82. The molecule has 1 aromatic heterocycles. The molecule has 2 aromatic rings. The number of nitrogens with two attached hydrogens (primary N) is 1. The van der Waals surface area contributed by atoms with Crippen LogP contribution in [0.1, 0.15) is 10.4 Å². The molecule has 0 aliphatic heterocycles. The quantitative estimate of drug-likeness (QED) is 0.720. The lowest BCUT2D eigenvalue weighted by Gasteiger charge is -1.99. The summed E-state index contributed by atoms with van der Waals surface area (Å²) in [5, 5.41) is 22.5. The molecule has 6 nitrogen and oxygen atoms in total. The maximum Gasteiger partial charge on any atom is 0.341 e. The van der Waals surface area contributed by atoms with Crippen LogP contribution >= 0.6 is 0 Å². The Morgan fingerprint density at radius 3 is 2.76 bits per heavy atom. The van der Waals surface area contributed by atoms with E-state index in [2.05, 4.69) is 5.10 Å². The molecule has 0 aliphatic rings. The molecular formula is C11H11N3O3. The average Bonchev–Trinajstić information content (AvgIpc) is 2.55. The first kappa shape index (κ1) is 11.0. The standard InChI is InChI=1S/C11H11N3O3/c1-14-10(12)8(11(16)17)9(13-14)6-3-2-4-7(15)5-6/h2-5,15H,12H2,1H3,(H,16,17). The van der Waals surface area contributed by atoms with E-state index in [9.17, 15) is 9.90 Å². The van der Waals surface area contributed by atoms with Crippen molar-refractivity contribution in [2.45, 2.75) is 0 Å². The lowest BCUT2D eigenvalue weighted by molar-refractivity contribution is 0.0699. The number of carboxylic acid groups (broad SMARTS) is 1. The molecule has 88 valence electrons. The highest BCUT2D eigenvalue weighted by Gasteiger charge is 2.21. The third-order valence-electron chi connectivity index (χ3n) is 2.43. The molecule has 0 fully saturated rings. The van der Waals surface area contributed by atoms with Crippen LogP contribution in [-0.4, -0.2) is 26.0 Å². The molecule has 17 heavy (non-hydrogen) atoms. The molecule has 0 unspecified atom stereocenters. The smallest absolute Gasteiger partial charge is 0.341 e. The zero-order valence-corrected chi connectivity index (χ0v) is 9.08. The first-order valence-electron chi connectivity index (χ1n) is 4.86. The van der Waals surface area contributed by atoms with Crippen LogP contribution in [-0.2, 0) is 7.05 Å². The van der Waals surface area contributed by atoms with E-state index in [1.807, 2.05) is 0 Å². The Bertz CT molecular complexity index is 590. The van der Waals surface area contributed by atoms with Crippen molar-refractivity contribution >= 4 is 11.8 Å². The van der Waals surface area contributed by atoms with E-state index in [1.54, 1.807) is 19.2 Å². The number of carboxylic acids is 1. The second-order valence-electron chi connectivity index (χ2n) is 3.59. The Morgan fingerprint density at radius 1 is 1.47 bits per heavy atom. The van der Waals surface area contributed by atoms with E-state index in [1.165, 1.54) is 16.8 Å². The van der Waals surface area contributed by atoms with E-state index in [4.69, 9.17) is 10.8 Å². The SMILES string of the molecule is Cn1nc(-c2cccc(O)c2)c(C(=O)O)c1N. The number of hydrogen-bond acceptors (Lipinski definition) is 4. The third kappa shape index (κ3) is 1.80. The van der Waals surface area contributed by atoms with Gasteiger partial charge in [-0.1, -0.05) is 12.1 Å². The molecule has 0 bridgehead atoms. The van der Waals surface area contributed by atoms with Crippen molar-refractivity contribution in [1.29, 1.82) is 0 Å². The van der Waals surface area contributed by atoms with E-state index in [0.717, 1.165) is 0 Å². The predicted molar refractivity (Wildman–Crippen MR) is 61.7 cm³/mol. The maximum absolute atomic E-state index is 11.1. The van der Waals surface area contributed by atoms with Crippen molar-refractivity contribution in [2.24, 2.45) is 7.05 Å². The Balaban J connectivity index is 2.67. The molecule has 0 saturated carbocycles. The van der Waals surface area contributed by atoms with Crippen molar-refractivity contribution in [2.75, 3.05) is 5.73 Å². The number of phenols is 1. The summed E-state index contributed by atoms with van der Waals surface area (Å²) >= 11 is 0. The molecule has 0 saturated heterocycles. The molecule has 0 atom stereocenters. The van der Waals surface area contributed by atoms with Gasteiger partial charge in [-0.05, 0) is 12.1 Å². The van der Waals surface area contributed by atoms with Crippen LogP contribution in [0.2, 0.25) is 0 Å². The van der Waals surface area contributed by atoms with E-state index < -0.39 is 5.97 Å². The normalized spacial score (nSPS) is 10.4. The van der Waals surface area contributed by atoms with Crippen molar-refractivity contribution in [3.8, 4) is 17.0 Å². The summed E-state index contributed by atoms with van der Waals surface area (Å²) in [5.41, 5.74) is 6.33. The van der Waals surface area contributed by atoms with Crippen LogP contribution in [0, 0.1) is 0 Å². The zero-order chi connectivity index (χ0) is 12.6. The van der Waals surface area contributed by atoms with Crippen molar-refractivity contribution < 1.29 is 15.0 Å². The van der Waals surface area contributed by atoms with Crippen molar-refractivity contribution in [3.05, 3.63) is 29.8 Å². The van der Waals surface area contributed by atoms with Gasteiger partial charge in [0.05, 0.1) is 0 Å². The summed E-state index contributed by atoms with van der Waals surface area (Å²) in [7, 11) is 1.56. The monoisotopic (exact) mass is 233 g/mol. The Kier molecular flexibility index (Phi) is 2.47. The minimum atomic E-state index is -1.14. The van der Waals surface area contributed by atoms with Gasteiger partial charge in [-0.15, -0.1) is 0 Å². The fourth-order valence-electron chi connectivity index (χ4n) is 1.60. The average molecular weight is 233 g/mol. The van der Waals surface area contributed by atoms with Crippen molar-refractivity contribution in [3.63, 3.8) is 0 Å². The topological polar surface area (TPSA) is 101 Å². The Labute approximate surface area is 96.9 Å². The minimum Gasteiger partial charge on any atom is -0.508 e. The maximum atomic E-state index is 11.1. The minimum absolute atomic E-state index is 0.0445. The van der Waals surface area contributed by atoms with Crippen molar-refractivity contribution in [1.82, 2.24) is 9.78 Å².